The molecular weight excluding hydrogens is 693 g/mol. The van der Waals surface area contributed by atoms with Gasteiger partial charge in [0.1, 0.15) is 11.3 Å². The fourth-order valence-corrected chi connectivity index (χ4v) is 11.0. The maximum atomic E-state index is 7.06. The largest absolute Gasteiger partial charge is 0.460 e. The molecule has 4 heterocycles. The Bertz CT molecular complexity index is 3650. The van der Waals surface area contributed by atoms with E-state index < -0.39 is 0 Å². The van der Waals surface area contributed by atoms with E-state index in [-0.39, 0.29) is 11.8 Å². The fourth-order valence-electron chi connectivity index (χ4n) is 11.0. The lowest BCUT2D eigenvalue weighted by Crippen LogP contribution is -2.21. The van der Waals surface area contributed by atoms with E-state index >= 15 is 0 Å². The maximum Gasteiger partial charge on any atom is 0.134 e. The lowest BCUT2D eigenvalue weighted by atomic mass is 9.76. The summed E-state index contributed by atoms with van der Waals surface area (Å²) in [6.45, 7) is 2.37. The first kappa shape index (κ1) is 31.4. The fraction of sp³-hybridized carbons (Fsp3) is 0.111. The lowest BCUT2D eigenvalue weighted by Gasteiger charge is -2.32. The molecule has 0 N–H and O–H groups in total. The van der Waals surface area contributed by atoms with Gasteiger partial charge in [-0.1, -0.05) is 140 Å². The number of fused-ring (bicyclic) bond motifs is 16. The second-order valence-corrected chi connectivity index (χ2v) is 16.1. The second kappa shape index (κ2) is 11.6. The highest BCUT2D eigenvalue weighted by Gasteiger charge is 2.36. The van der Waals surface area contributed by atoms with Crippen molar-refractivity contribution in [2.45, 2.75) is 32.1 Å². The zero-order chi connectivity index (χ0) is 37.4. The molecule has 270 valence electrons. The summed E-state index contributed by atoms with van der Waals surface area (Å²) < 4.78 is 12.3. The van der Waals surface area contributed by atoms with E-state index in [2.05, 4.69) is 180 Å². The van der Waals surface area contributed by atoms with Crippen molar-refractivity contribution < 1.29 is 4.42 Å². The summed E-state index contributed by atoms with van der Waals surface area (Å²) in [5.41, 5.74) is 11.4. The minimum Gasteiger partial charge on any atom is -0.460 e. The average molecular weight is 731 g/mol. The van der Waals surface area contributed by atoms with Gasteiger partial charge in [-0.25, -0.2) is 0 Å². The molecule has 1 aliphatic rings. The summed E-state index contributed by atoms with van der Waals surface area (Å²) in [7, 11) is 0. The third-order valence-electron chi connectivity index (χ3n) is 13.4. The Morgan fingerprint density at radius 1 is 0.544 bits per heavy atom. The molecule has 3 nitrogen and oxygen atoms in total. The van der Waals surface area contributed by atoms with Crippen LogP contribution in [0.3, 0.4) is 0 Å². The highest BCUT2D eigenvalue weighted by Crippen LogP contribution is 2.51. The van der Waals surface area contributed by atoms with Crippen molar-refractivity contribution in [3.05, 3.63) is 181 Å². The third kappa shape index (κ3) is 4.16. The summed E-state index contributed by atoms with van der Waals surface area (Å²) in [5, 5.41) is 14.3. The van der Waals surface area contributed by atoms with E-state index in [1.165, 1.54) is 104 Å². The van der Waals surface area contributed by atoms with E-state index in [1.54, 1.807) is 0 Å². The predicted molar refractivity (Wildman–Crippen MR) is 240 cm³/mol. The first-order valence-electron chi connectivity index (χ1n) is 20.5. The molecule has 0 amide bonds. The number of para-hydroxylation sites is 3. The lowest BCUT2D eigenvalue weighted by molar-refractivity contribution is 0.442. The molecule has 0 aliphatic heterocycles. The summed E-state index contributed by atoms with van der Waals surface area (Å²) in [6.07, 6.45) is 5.39. The highest BCUT2D eigenvalue weighted by atomic mass is 16.3. The van der Waals surface area contributed by atoms with Crippen molar-refractivity contribution in [1.29, 1.82) is 0 Å². The first-order chi connectivity index (χ1) is 28.3. The molecule has 1 aliphatic carbocycles. The van der Waals surface area contributed by atoms with Crippen LogP contribution in [0.5, 0.6) is 0 Å². The van der Waals surface area contributed by atoms with Crippen molar-refractivity contribution in [3.63, 3.8) is 0 Å². The van der Waals surface area contributed by atoms with Crippen molar-refractivity contribution >= 4 is 98.1 Å². The van der Waals surface area contributed by atoms with E-state index in [4.69, 9.17) is 4.42 Å². The summed E-state index contributed by atoms with van der Waals surface area (Å²) in [6, 6.07) is 58.7. The number of aryl methyl sites for hydroxylation is 1. The van der Waals surface area contributed by atoms with Crippen LogP contribution in [0, 0.1) is 5.92 Å². The van der Waals surface area contributed by atoms with Gasteiger partial charge in [-0.05, 0) is 76.7 Å². The SMILES string of the molecule is CCC1/C(n2c3ccccc3c3c4c5c6ccccc6ccc5n5c6ccccc6c(cc32)c45)=C\CCc2c(oc3ccccc23)C1c1ccc2ccccc2c1. The number of hydrogen-bond donors (Lipinski definition) is 0. The van der Waals surface area contributed by atoms with Crippen molar-refractivity contribution in [2.75, 3.05) is 0 Å². The average Bonchev–Trinajstić information content (AvgIpc) is 3.99. The van der Waals surface area contributed by atoms with Gasteiger partial charge >= 0.3 is 0 Å². The zero-order valence-corrected chi connectivity index (χ0v) is 31.7. The number of allylic oxidation sites excluding steroid dienone is 2. The molecule has 2 atom stereocenters. The number of hydrogen-bond acceptors (Lipinski definition) is 1. The smallest absolute Gasteiger partial charge is 0.134 e. The Labute approximate surface area is 329 Å². The molecule has 0 fully saturated rings. The van der Waals surface area contributed by atoms with E-state index in [9.17, 15) is 0 Å². The number of aromatic nitrogens is 2. The van der Waals surface area contributed by atoms with Gasteiger partial charge in [-0.2, -0.15) is 0 Å². The Morgan fingerprint density at radius 3 is 2.09 bits per heavy atom. The van der Waals surface area contributed by atoms with Gasteiger partial charge in [-0.15, -0.1) is 0 Å². The van der Waals surface area contributed by atoms with Gasteiger partial charge in [-0.3, -0.25) is 0 Å². The summed E-state index contributed by atoms with van der Waals surface area (Å²) >= 11 is 0. The minimum absolute atomic E-state index is 0.0234. The third-order valence-corrected chi connectivity index (χ3v) is 13.4. The molecule has 0 bridgehead atoms. The van der Waals surface area contributed by atoms with Gasteiger partial charge in [0.2, 0.25) is 0 Å². The Kier molecular flexibility index (Phi) is 6.38. The second-order valence-electron chi connectivity index (χ2n) is 16.1. The molecule has 8 aromatic carbocycles. The molecular formula is C54H38N2O. The van der Waals surface area contributed by atoms with Crippen LogP contribution in [0.1, 0.15) is 42.6 Å². The maximum absolute atomic E-state index is 7.06. The monoisotopic (exact) mass is 730 g/mol. The van der Waals surface area contributed by atoms with E-state index in [1.807, 2.05) is 0 Å². The van der Waals surface area contributed by atoms with E-state index in [0.29, 0.717) is 0 Å². The molecule has 13 rings (SSSR count). The van der Waals surface area contributed by atoms with Gasteiger partial charge in [0.15, 0.2) is 0 Å². The first-order valence-corrected chi connectivity index (χ1v) is 20.5. The van der Waals surface area contributed by atoms with Crippen LogP contribution < -0.4 is 0 Å². The summed E-state index contributed by atoms with van der Waals surface area (Å²) in [4.78, 5) is 0. The van der Waals surface area contributed by atoms with E-state index in [0.717, 1.165) is 30.6 Å². The summed E-state index contributed by atoms with van der Waals surface area (Å²) in [5.74, 6) is 1.29. The van der Waals surface area contributed by atoms with Gasteiger partial charge < -0.3 is 13.4 Å². The molecule has 0 spiro atoms. The number of benzene rings is 8. The van der Waals surface area contributed by atoms with Crippen LogP contribution in [-0.2, 0) is 6.42 Å². The van der Waals surface area contributed by atoms with Crippen LogP contribution in [0.2, 0.25) is 0 Å². The highest BCUT2D eigenvalue weighted by molar-refractivity contribution is 6.39. The number of furan rings is 1. The molecule has 4 aromatic heterocycles. The van der Waals surface area contributed by atoms with Crippen LogP contribution in [0.25, 0.3) is 98.1 Å². The van der Waals surface area contributed by atoms with Gasteiger partial charge in [0.05, 0.1) is 33.5 Å². The van der Waals surface area contributed by atoms with Crippen molar-refractivity contribution in [2.24, 2.45) is 5.92 Å². The van der Waals surface area contributed by atoms with Crippen LogP contribution in [0.15, 0.2) is 168 Å². The molecule has 0 saturated heterocycles. The normalized spacial score (nSPS) is 17.5. The van der Waals surface area contributed by atoms with Gasteiger partial charge in [0, 0.05) is 54.9 Å². The van der Waals surface area contributed by atoms with Crippen LogP contribution >= 0.6 is 0 Å². The van der Waals surface area contributed by atoms with Gasteiger partial charge in [0.25, 0.3) is 0 Å². The number of rotatable bonds is 3. The van der Waals surface area contributed by atoms with Crippen LogP contribution in [-0.4, -0.2) is 8.97 Å². The molecule has 12 aromatic rings. The molecule has 0 saturated carbocycles. The quantitative estimate of drug-likeness (QED) is 0.177. The van der Waals surface area contributed by atoms with Crippen LogP contribution in [0.4, 0.5) is 0 Å². The molecule has 3 heteroatoms. The van der Waals surface area contributed by atoms with Crippen molar-refractivity contribution in [1.82, 2.24) is 8.97 Å². The zero-order valence-electron chi connectivity index (χ0n) is 31.7. The Hall–Kier alpha value is -6.84. The molecule has 2 unspecified atom stereocenters. The topological polar surface area (TPSA) is 22.5 Å². The predicted octanol–water partition coefficient (Wildman–Crippen LogP) is 14.6. The molecule has 57 heavy (non-hydrogen) atoms. The number of nitrogens with zero attached hydrogens (tertiary/aromatic N) is 2. The molecule has 0 radical (unpaired) electrons. The standard InChI is InChI=1S/C54H38N2O/c1-2-36-43(24-13-21-40-39-19-9-12-25-48(39)57-54(40)49(36)35-27-26-32-14-3-4-16-34(32)30-35)55-45-23-11-8-20-41(45)51-47(55)31-42-38-18-7-10-22-44(38)56-46-29-28-33-15-5-6-17-37(33)50(46)52(51)53(42)56/h3-12,14-20,22-31,36,49H,2,13,21H2,1H3/b43-24+. The minimum atomic E-state index is 0.0234. The van der Waals surface area contributed by atoms with Crippen molar-refractivity contribution in [3.8, 4) is 0 Å². The Morgan fingerprint density at radius 2 is 1.23 bits per heavy atom. The Balaban J connectivity index is 1.17.